The Kier molecular flexibility index (Phi) is 4.85. The van der Waals surface area contributed by atoms with Crippen LogP contribution in [-0.4, -0.2) is 31.4 Å². The summed E-state index contributed by atoms with van der Waals surface area (Å²) >= 11 is 1.23. The third-order valence-electron chi connectivity index (χ3n) is 3.25. The van der Waals surface area contributed by atoms with Crippen LogP contribution in [0, 0.1) is 5.82 Å². The molecule has 24 heavy (non-hydrogen) atoms. The minimum absolute atomic E-state index is 0.108. The van der Waals surface area contributed by atoms with E-state index in [9.17, 15) is 9.18 Å². The van der Waals surface area contributed by atoms with Crippen LogP contribution in [0.4, 0.5) is 10.1 Å². The largest absolute Gasteiger partial charge is 0.323 e. The lowest BCUT2D eigenvalue weighted by molar-refractivity contribution is -0.113. The van der Waals surface area contributed by atoms with Crippen LogP contribution in [0.2, 0.25) is 0 Å². The highest BCUT2D eigenvalue weighted by molar-refractivity contribution is 7.99. The molecule has 2 aromatic heterocycles. The van der Waals surface area contributed by atoms with Crippen molar-refractivity contribution in [2.75, 3.05) is 11.1 Å². The molecule has 0 saturated carbocycles. The van der Waals surface area contributed by atoms with E-state index < -0.39 is 5.82 Å². The SMILES string of the molecule is Cn1c(SCC(=O)Nc2ccccc2F)nnc1-c1ccncc1. The monoisotopic (exact) mass is 343 g/mol. The van der Waals surface area contributed by atoms with Gasteiger partial charge in [-0.3, -0.25) is 9.78 Å². The van der Waals surface area contributed by atoms with E-state index in [1.54, 1.807) is 29.1 Å². The molecule has 1 N–H and O–H groups in total. The van der Waals surface area contributed by atoms with Crippen molar-refractivity contribution >= 4 is 23.4 Å². The standard InChI is InChI=1S/C16H14FN5OS/c1-22-15(11-6-8-18-9-7-11)20-21-16(22)24-10-14(23)19-13-5-3-2-4-12(13)17/h2-9H,10H2,1H3,(H,19,23). The predicted molar refractivity (Wildman–Crippen MR) is 90.0 cm³/mol. The highest BCUT2D eigenvalue weighted by Crippen LogP contribution is 2.22. The van der Waals surface area contributed by atoms with Gasteiger partial charge in [0.1, 0.15) is 5.82 Å². The Balaban J connectivity index is 1.64. The third-order valence-corrected chi connectivity index (χ3v) is 4.27. The third kappa shape index (κ3) is 3.60. The lowest BCUT2D eigenvalue weighted by atomic mass is 10.2. The maximum atomic E-state index is 13.5. The molecular formula is C16H14FN5OS. The summed E-state index contributed by atoms with van der Waals surface area (Å²) in [5.74, 6) is 0.0267. The second-order valence-electron chi connectivity index (χ2n) is 4.92. The minimum Gasteiger partial charge on any atom is -0.323 e. The van der Waals surface area contributed by atoms with E-state index in [1.165, 1.54) is 23.9 Å². The number of hydrogen-bond acceptors (Lipinski definition) is 5. The topological polar surface area (TPSA) is 72.7 Å². The van der Waals surface area contributed by atoms with Crippen LogP contribution < -0.4 is 5.32 Å². The maximum absolute atomic E-state index is 13.5. The number of pyridine rings is 1. The van der Waals surface area contributed by atoms with E-state index in [1.807, 2.05) is 19.2 Å². The number of carbonyl (C=O) groups excluding carboxylic acids is 1. The summed E-state index contributed by atoms with van der Waals surface area (Å²) in [4.78, 5) is 15.9. The molecule has 0 aliphatic rings. The molecule has 6 nitrogen and oxygen atoms in total. The number of rotatable bonds is 5. The summed E-state index contributed by atoms with van der Waals surface area (Å²) < 4.78 is 15.3. The van der Waals surface area contributed by atoms with Crippen molar-refractivity contribution in [1.29, 1.82) is 0 Å². The first-order valence-corrected chi connectivity index (χ1v) is 8.10. The average Bonchev–Trinajstić information content (AvgIpc) is 2.97. The number of thioether (sulfide) groups is 1. The fraction of sp³-hybridized carbons (Fsp3) is 0.125. The van der Waals surface area contributed by atoms with Crippen LogP contribution in [-0.2, 0) is 11.8 Å². The number of nitrogens with zero attached hydrogens (tertiary/aromatic N) is 4. The number of hydrogen-bond donors (Lipinski definition) is 1. The highest BCUT2D eigenvalue weighted by atomic mass is 32.2. The Labute approximate surface area is 142 Å². The van der Waals surface area contributed by atoms with E-state index >= 15 is 0 Å². The van der Waals surface area contributed by atoms with Gasteiger partial charge in [-0.2, -0.15) is 0 Å². The second-order valence-corrected chi connectivity index (χ2v) is 5.86. The van der Waals surface area contributed by atoms with Crippen molar-refractivity contribution < 1.29 is 9.18 Å². The summed E-state index contributed by atoms with van der Waals surface area (Å²) in [6.07, 6.45) is 3.36. The summed E-state index contributed by atoms with van der Waals surface area (Å²) in [6.45, 7) is 0. The molecule has 2 heterocycles. The predicted octanol–water partition coefficient (Wildman–Crippen LogP) is 2.75. The number of halogens is 1. The molecular weight excluding hydrogens is 329 g/mol. The van der Waals surface area contributed by atoms with Crippen molar-refractivity contribution in [1.82, 2.24) is 19.7 Å². The number of carbonyl (C=O) groups is 1. The van der Waals surface area contributed by atoms with E-state index in [0.29, 0.717) is 11.0 Å². The maximum Gasteiger partial charge on any atom is 0.234 e. The molecule has 0 unspecified atom stereocenters. The molecule has 0 aliphatic heterocycles. The van der Waals surface area contributed by atoms with Crippen molar-refractivity contribution in [2.45, 2.75) is 5.16 Å². The van der Waals surface area contributed by atoms with Gasteiger partial charge in [0.2, 0.25) is 5.91 Å². The molecule has 3 aromatic rings. The molecule has 1 aromatic carbocycles. The normalized spacial score (nSPS) is 10.6. The molecule has 0 spiro atoms. The zero-order chi connectivity index (χ0) is 16.9. The van der Waals surface area contributed by atoms with Gasteiger partial charge in [0, 0.05) is 25.0 Å². The number of anilines is 1. The van der Waals surface area contributed by atoms with E-state index in [4.69, 9.17) is 0 Å². The van der Waals surface area contributed by atoms with Crippen molar-refractivity contribution in [3.63, 3.8) is 0 Å². The summed E-state index contributed by atoms with van der Waals surface area (Å²) in [7, 11) is 1.83. The van der Waals surface area contributed by atoms with Crippen LogP contribution >= 0.6 is 11.8 Å². The number of para-hydroxylation sites is 1. The molecule has 0 aliphatic carbocycles. The first kappa shape index (κ1) is 16.1. The number of benzene rings is 1. The Bertz CT molecular complexity index is 853. The summed E-state index contributed by atoms with van der Waals surface area (Å²) in [6, 6.07) is 9.72. The quantitative estimate of drug-likeness (QED) is 0.721. The average molecular weight is 343 g/mol. The van der Waals surface area contributed by atoms with Gasteiger partial charge in [-0.15, -0.1) is 10.2 Å². The molecule has 0 radical (unpaired) electrons. The summed E-state index contributed by atoms with van der Waals surface area (Å²) in [5.41, 5.74) is 1.06. The molecule has 0 atom stereocenters. The fourth-order valence-electron chi connectivity index (χ4n) is 2.07. The smallest absolute Gasteiger partial charge is 0.234 e. The van der Waals surface area contributed by atoms with E-state index in [2.05, 4.69) is 20.5 Å². The van der Waals surface area contributed by atoms with Crippen molar-refractivity contribution in [3.05, 3.63) is 54.6 Å². The van der Waals surface area contributed by atoms with E-state index in [0.717, 1.165) is 5.56 Å². The lowest BCUT2D eigenvalue weighted by Gasteiger charge is -2.06. The van der Waals surface area contributed by atoms with Gasteiger partial charge < -0.3 is 9.88 Å². The van der Waals surface area contributed by atoms with Crippen LogP contribution in [0.15, 0.2) is 53.9 Å². The molecule has 8 heteroatoms. The Hall–Kier alpha value is -2.74. The zero-order valence-corrected chi connectivity index (χ0v) is 13.6. The van der Waals surface area contributed by atoms with Crippen molar-refractivity contribution in [3.8, 4) is 11.4 Å². The Morgan fingerprint density at radius 1 is 1.21 bits per heavy atom. The number of amides is 1. The van der Waals surface area contributed by atoms with Gasteiger partial charge >= 0.3 is 0 Å². The molecule has 122 valence electrons. The molecule has 0 bridgehead atoms. The highest BCUT2D eigenvalue weighted by Gasteiger charge is 2.13. The van der Waals surface area contributed by atoms with Gasteiger partial charge in [0.25, 0.3) is 0 Å². The van der Waals surface area contributed by atoms with Gasteiger partial charge in [-0.05, 0) is 24.3 Å². The Morgan fingerprint density at radius 3 is 2.71 bits per heavy atom. The number of nitrogens with one attached hydrogen (secondary N) is 1. The lowest BCUT2D eigenvalue weighted by Crippen LogP contribution is -2.15. The van der Waals surface area contributed by atoms with Crippen LogP contribution in [0.5, 0.6) is 0 Å². The van der Waals surface area contributed by atoms with Crippen molar-refractivity contribution in [2.24, 2.45) is 7.05 Å². The molecule has 3 rings (SSSR count). The minimum atomic E-state index is -0.463. The zero-order valence-electron chi connectivity index (χ0n) is 12.8. The molecule has 0 saturated heterocycles. The van der Waals surface area contributed by atoms with Gasteiger partial charge in [-0.1, -0.05) is 23.9 Å². The van der Waals surface area contributed by atoms with Gasteiger partial charge in [-0.25, -0.2) is 4.39 Å². The van der Waals surface area contributed by atoms with E-state index in [-0.39, 0.29) is 17.3 Å². The van der Waals surface area contributed by atoms with Crippen LogP contribution in [0.25, 0.3) is 11.4 Å². The second kappa shape index (κ2) is 7.22. The Morgan fingerprint density at radius 2 is 1.96 bits per heavy atom. The van der Waals surface area contributed by atoms with Crippen LogP contribution in [0.3, 0.4) is 0 Å². The first-order valence-electron chi connectivity index (χ1n) is 7.12. The van der Waals surface area contributed by atoms with Gasteiger partial charge in [0.15, 0.2) is 11.0 Å². The van der Waals surface area contributed by atoms with Crippen LogP contribution in [0.1, 0.15) is 0 Å². The summed E-state index contributed by atoms with van der Waals surface area (Å²) in [5, 5.41) is 11.4. The first-order chi connectivity index (χ1) is 11.6. The molecule has 1 amide bonds. The molecule has 0 fully saturated rings. The fourth-order valence-corrected chi connectivity index (χ4v) is 2.78. The van der Waals surface area contributed by atoms with Gasteiger partial charge in [0.05, 0.1) is 11.4 Å². The number of aromatic nitrogens is 4.